The smallest absolute Gasteiger partial charge is 0.226 e. The zero-order valence-corrected chi connectivity index (χ0v) is 9.68. The maximum atomic E-state index is 11.9. The summed E-state index contributed by atoms with van der Waals surface area (Å²) in [5, 5.41) is 0. The Morgan fingerprint density at radius 1 is 1.50 bits per heavy atom. The van der Waals surface area contributed by atoms with Crippen LogP contribution >= 0.6 is 11.8 Å². The van der Waals surface area contributed by atoms with Gasteiger partial charge in [0.05, 0.1) is 5.92 Å². The van der Waals surface area contributed by atoms with Crippen molar-refractivity contribution in [2.24, 2.45) is 11.7 Å². The average molecular weight is 216 g/mol. The molecule has 1 amide bonds. The third-order valence-electron chi connectivity index (χ3n) is 2.66. The van der Waals surface area contributed by atoms with Crippen LogP contribution in [0.2, 0.25) is 0 Å². The van der Waals surface area contributed by atoms with Crippen molar-refractivity contribution in [3.63, 3.8) is 0 Å². The predicted molar refractivity (Wildman–Crippen MR) is 61.4 cm³/mol. The standard InChI is InChI=1S/C10H20N2OS/c1-2-9(8-11)10(13)12-4-3-6-14-7-5-12/h9H,2-8,11H2,1H3. The van der Waals surface area contributed by atoms with E-state index < -0.39 is 0 Å². The minimum Gasteiger partial charge on any atom is -0.342 e. The van der Waals surface area contributed by atoms with E-state index in [1.165, 1.54) is 5.75 Å². The van der Waals surface area contributed by atoms with Crippen LogP contribution in [0.25, 0.3) is 0 Å². The monoisotopic (exact) mass is 216 g/mol. The molecular weight excluding hydrogens is 196 g/mol. The minimum atomic E-state index is 0.0399. The van der Waals surface area contributed by atoms with Gasteiger partial charge in [-0.25, -0.2) is 0 Å². The van der Waals surface area contributed by atoms with E-state index in [1.807, 2.05) is 23.6 Å². The number of amides is 1. The molecule has 0 aromatic heterocycles. The molecule has 14 heavy (non-hydrogen) atoms. The number of nitrogens with zero attached hydrogens (tertiary/aromatic N) is 1. The third kappa shape index (κ3) is 3.17. The molecule has 1 atom stereocenters. The molecule has 82 valence electrons. The molecule has 0 aliphatic carbocycles. The van der Waals surface area contributed by atoms with E-state index in [-0.39, 0.29) is 11.8 Å². The van der Waals surface area contributed by atoms with Crippen LogP contribution in [0.3, 0.4) is 0 Å². The Kier molecular flexibility index (Phi) is 5.33. The molecule has 0 aromatic rings. The molecule has 3 nitrogen and oxygen atoms in total. The molecule has 1 heterocycles. The fourth-order valence-corrected chi connectivity index (χ4v) is 2.55. The van der Waals surface area contributed by atoms with Crippen LogP contribution in [0.5, 0.6) is 0 Å². The predicted octanol–water partition coefficient (Wildman–Crippen LogP) is 0.937. The Balaban J connectivity index is 2.48. The summed E-state index contributed by atoms with van der Waals surface area (Å²) in [5.41, 5.74) is 5.58. The molecule has 0 saturated carbocycles. The Labute approximate surface area is 90.4 Å². The lowest BCUT2D eigenvalue weighted by atomic mass is 10.1. The molecule has 1 aliphatic rings. The van der Waals surface area contributed by atoms with Crippen molar-refractivity contribution in [2.45, 2.75) is 19.8 Å². The summed E-state index contributed by atoms with van der Waals surface area (Å²) >= 11 is 1.94. The zero-order chi connectivity index (χ0) is 10.4. The summed E-state index contributed by atoms with van der Waals surface area (Å²) in [5.74, 6) is 2.56. The largest absolute Gasteiger partial charge is 0.342 e. The van der Waals surface area contributed by atoms with Crippen LogP contribution in [0.15, 0.2) is 0 Å². The second-order valence-electron chi connectivity index (χ2n) is 3.63. The van der Waals surface area contributed by atoms with Gasteiger partial charge in [-0.15, -0.1) is 0 Å². The van der Waals surface area contributed by atoms with Crippen molar-refractivity contribution in [3.05, 3.63) is 0 Å². The molecule has 0 bridgehead atoms. The summed E-state index contributed by atoms with van der Waals surface area (Å²) in [6.07, 6.45) is 1.98. The van der Waals surface area contributed by atoms with Gasteiger partial charge >= 0.3 is 0 Å². The van der Waals surface area contributed by atoms with E-state index >= 15 is 0 Å². The van der Waals surface area contributed by atoms with E-state index in [0.717, 1.165) is 31.7 Å². The van der Waals surface area contributed by atoms with Gasteiger partial charge in [-0.2, -0.15) is 11.8 Å². The molecule has 0 spiro atoms. The van der Waals surface area contributed by atoms with Crippen LogP contribution in [0.4, 0.5) is 0 Å². The maximum Gasteiger partial charge on any atom is 0.226 e. The van der Waals surface area contributed by atoms with Crippen molar-refractivity contribution in [3.8, 4) is 0 Å². The van der Waals surface area contributed by atoms with Gasteiger partial charge in [0.25, 0.3) is 0 Å². The van der Waals surface area contributed by atoms with Crippen LogP contribution in [-0.4, -0.2) is 41.9 Å². The fraction of sp³-hybridized carbons (Fsp3) is 0.900. The van der Waals surface area contributed by atoms with Crippen molar-refractivity contribution in [2.75, 3.05) is 31.1 Å². The number of hydrogen-bond donors (Lipinski definition) is 1. The first kappa shape index (κ1) is 11.9. The normalized spacial score (nSPS) is 20.3. The second-order valence-corrected chi connectivity index (χ2v) is 4.86. The fourth-order valence-electron chi connectivity index (χ4n) is 1.67. The van der Waals surface area contributed by atoms with Crippen molar-refractivity contribution in [1.82, 2.24) is 4.90 Å². The molecule has 1 aliphatic heterocycles. The Morgan fingerprint density at radius 3 is 2.93 bits per heavy atom. The van der Waals surface area contributed by atoms with Gasteiger partial charge in [-0.3, -0.25) is 4.79 Å². The van der Waals surface area contributed by atoms with E-state index in [0.29, 0.717) is 6.54 Å². The molecule has 4 heteroatoms. The van der Waals surface area contributed by atoms with Crippen LogP contribution in [0.1, 0.15) is 19.8 Å². The molecule has 0 aromatic carbocycles. The van der Waals surface area contributed by atoms with Crippen molar-refractivity contribution < 1.29 is 4.79 Å². The Hall–Kier alpha value is -0.220. The van der Waals surface area contributed by atoms with Crippen molar-refractivity contribution in [1.29, 1.82) is 0 Å². The van der Waals surface area contributed by atoms with Gasteiger partial charge in [-0.05, 0) is 18.6 Å². The Bertz CT molecular complexity index is 175. The van der Waals surface area contributed by atoms with Crippen molar-refractivity contribution >= 4 is 17.7 Å². The lowest BCUT2D eigenvalue weighted by Gasteiger charge is -2.24. The molecule has 1 saturated heterocycles. The van der Waals surface area contributed by atoms with Gasteiger partial charge in [0.2, 0.25) is 5.91 Å². The highest BCUT2D eigenvalue weighted by Gasteiger charge is 2.22. The quantitative estimate of drug-likeness (QED) is 0.763. The first-order valence-corrected chi connectivity index (χ1v) is 6.51. The molecule has 2 N–H and O–H groups in total. The molecular formula is C10H20N2OS. The number of hydrogen-bond acceptors (Lipinski definition) is 3. The van der Waals surface area contributed by atoms with Gasteiger partial charge in [-0.1, -0.05) is 6.92 Å². The van der Waals surface area contributed by atoms with E-state index in [2.05, 4.69) is 0 Å². The lowest BCUT2D eigenvalue weighted by Crippen LogP contribution is -2.40. The second kappa shape index (κ2) is 6.30. The van der Waals surface area contributed by atoms with Gasteiger partial charge < -0.3 is 10.6 Å². The molecule has 1 rings (SSSR count). The molecule has 0 radical (unpaired) electrons. The summed E-state index contributed by atoms with van der Waals surface area (Å²) in [7, 11) is 0. The highest BCUT2D eigenvalue weighted by Crippen LogP contribution is 2.13. The zero-order valence-electron chi connectivity index (χ0n) is 8.87. The van der Waals surface area contributed by atoms with Crippen LogP contribution in [-0.2, 0) is 4.79 Å². The first-order chi connectivity index (χ1) is 6.79. The summed E-state index contributed by atoms with van der Waals surface area (Å²) < 4.78 is 0. The summed E-state index contributed by atoms with van der Waals surface area (Å²) in [4.78, 5) is 13.9. The highest BCUT2D eigenvalue weighted by molar-refractivity contribution is 7.99. The van der Waals surface area contributed by atoms with E-state index in [1.54, 1.807) is 0 Å². The number of nitrogens with two attached hydrogens (primary N) is 1. The molecule has 1 unspecified atom stereocenters. The number of rotatable bonds is 3. The van der Waals surface area contributed by atoms with Gasteiger partial charge in [0.1, 0.15) is 0 Å². The summed E-state index contributed by atoms with van der Waals surface area (Å²) in [6.45, 7) is 4.34. The topological polar surface area (TPSA) is 46.3 Å². The van der Waals surface area contributed by atoms with Gasteiger partial charge in [0, 0.05) is 25.4 Å². The maximum absolute atomic E-state index is 11.9. The van der Waals surface area contributed by atoms with Gasteiger partial charge in [0.15, 0.2) is 0 Å². The SMILES string of the molecule is CCC(CN)C(=O)N1CCCSCC1. The van der Waals surface area contributed by atoms with E-state index in [9.17, 15) is 4.79 Å². The number of thioether (sulfide) groups is 1. The highest BCUT2D eigenvalue weighted by atomic mass is 32.2. The first-order valence-electron chi connectivity index (χ1n) is 5.36. The molecule has 1 fully saturated rings. The third-order valence-corrected chi connectivity index (χ3v) is 3.71. The lowest BCUT2D eigenvalue weighted by molar-refractivity contribution is -0.135. The van der Waals surface area contributed by atoms with E-state index in [4.69, 9.17) is 5.73 Å². The number of carbonyl (C=O) groups is 1. The van der Waals surface area contributed by atoms with Crippen LogP contribution < -0.4 is 5.73 Å². The summed E-state index contributed by atoms with van der Waals surface area (Å²) in [6, 6.07) is 0. The minimum absolute atomic E-state index is 0.0399. The Morgan fingerprint density at radius 2 is 2.29 bits per heavy atom. The average Bonchev–Trinajstić information content (AvgIpc) is 2.47. The number of carbonyl (C=O) groups excluding carboxylic acids is 1. The van der Waals surface area contributed by atoms with Crippen LogP contribution in [0, 0.1) is 5.92 Å².